The van der Waals surface area contributed by atoms with E-state index >= 15 is 0 Å². The topological polar surface area (TPSA) is 96.5 Å². The minimum atomic E-state index is -3.16. The lowest BCUT2D eigenvalue weighted by molar-refractivity contribution is 0.122. The van der Waals surface area contributed by atoms with Crippen molar-refractivity contribution in [2.24, 2.45) is 0 Å². The second-order valence-corrected chi connectivity index (χ2v) is 7.11. The lowest BCUT2D eigenvalue weighted by Gasteiger charge is -2.28. The lowest BCUT2D eigenvalue weighted by atomic mass is 10.3. The third-order valence-electron chi connectivity index (χ3n) is 3.29. The summed E-state index contributed by atoms with van der Waals surface area (Å²) < 4.78 is 30.5. The average molecular weight is 329 g/mol. The second-order valence-electron chi connectivity index (χ2n) is 5.02. The largest absolute Gasteiger partial charge is 0.378 e. The summed E-state index contributed by atoms with van der Waals surface area (Å²) in [4.78, 5) is 11.0. The summed E-state index contributed by atoms with van der Waals surface area (Å²) in [6.45, 7) is 7.28. The lowest BCUT2D eigenvalue weighted by Crippen LogP contribution is -2.37. The van der Waals surface area contributed by atoms with E-state index in [0.717, 1.165) is 24.6 Å². The van der Waals surface area contributed by atoms with Gasteiger partial charge >= 0.3 is 0 Å². The number of hydrogen-bond acceptors (Lipinski definition) is 7. The number of ether oxygens (including phenoxy) is 1. The van der Waals surface area contributed by atoms with Crippen molar-refractivity contribution < 1.29 is 13.2 Å². The van der Waals surface area contributed by atoms with E-state index in [1.54, 1.807) is 6.92 Å². The van der Waals surface area contributed by atoms with Gasteiger partial charge in [0.05, 0.1) is 19.0 Å². The summed E-state index contributed by atoms with van der Waals surface area (Å²) in [6, 6.07) is 1.94. The number of aromatic nitrogens is 2. The molecule has 0 bridgehead atoms. The summed E-state index contributed by atoms with van der Waals surface area (Å²) in [5.74, 6) is 1.46. The molecule has 0 atom stereocenters. The Balaban J connectivity index is 1.92. The molecule has 0 aromatic carbocycles. The predicted octanol–water partition coefficient (Wildman–Crippen LogP) is -0.0272. The van der Waals surface area contributed by atoms with Gasteiger partial charge in [-0.15, -0.1) is 0 Å². The number of anilines is 2. The second kappa shape index (κ2) is 7.70. The first-order valence-corrected chi connectivity index (χ1v) is 9.05. The normalized spacial score (nSPS) is 15.8. The number of rotatable bonds is 7. The molecule has 9 heteroatoms. The molecule has 1 saturated heterocycles. The fourth-order valence-corrected chi connectivity index (χ4v) is 2.69. The van der Waals surface area contributed by atoms with Gasteiger partial charge in [0.1, 0.15) is 5.82 Å². The first-order chi connectivity index (χ1) is 10.5. The van der Waals surface area contributed by atoms with Crippen LogP contribution in [0.25, 0.3) is 0 Å². The summed E-state index contributed by atoms with van der Waals surface area (Å²) in [5.41, 5.74) is 0.869. The van der Waals surface area contributed by atoms with Gasteiger partial charge in [0.2, 0.25) is 16.0 Å². The Bertz CT molecular complexity index is 587. The molecule has 2 heterocycles. The van der Waals surface area contributed by atoms with Crippen molar-refractivity contribution in [2.75, 3.05) is 55.4 Å². The molecule has 0 unspecified atom stereocenters. The van der Waals surface area contributed by atoms with Crippen molar-refractivity contribution >= 4 is 21.8 Å². The summed E-state index contributed by atoms with van der Waals surface area (Å²) >= 11 is 0. The third-order valence-corrected chi connectivity index (χ3v) is 4.69. The molecule has 124 valence electrons. The summed E-state index contributed by atoms with van der Waals surface area (Å²) in [7, 11) is -3.16. The Kier molecular flexibility index (Phi) is 5.92. The van der Waals surface area contributed by atoms with Gasteiger partial charge in [-0.05, 0) is 13.8 Å². The van der Waals surface area contributed by atoms with Crippen molar-refractivity contribution in [3.63, 3.8) is 0 Å². The predicted molar refractivity (Wildman–Crippen MR) is 85.8 cm³/mol. The SMILES string of the molecule is CCS(=O)(=O)NCCNc1nc(C)cc(N2CCOCC2)n1. The van der Waals surface area contributed by atoms with Crippen LogP contribution in [-0.2, 0) is 14.8 Å². The molecule has 2 N–H and O–H groups in total. The molecule has 1 fully saturated rings. The fourth-order valence-electron chi connectivity index (χ4n) is 2.07. The van der Waals surface area contributed by atoms with E-state index in [1.165, 1.54) is 0 Å². The summed E-state index contributed by atoms with van der Waals surface area (Å²) in [5, 5.41) is 3.05. The van der Waals surface area contributed by atoms with Gasteiger partial charge in [0.25, 0.3) is 0 Å². The zero-order valence-corrected chi connectivity index (χ0v) is 13.8. The molecule has 22 heavy (non-hydrogen) atoms. The molecule has 1 aliphatic heterocycles. The van der Waals surface area contributed by atoms with E-state index in [2.05, 4.69) is 24.9 Å². The highest BCUT2D eigenvalue weighted by molar-refractivity contribution is 7.89. The monoisotopic (exact) mass is 329 g/mol. The van der Waals surface area contributed by atoms with Crippen LogP contribution in [0.4, 0.5) is 11.8 Å². The van der Waals surface area contributed by atoms with Crippen molar-refractivity contribution in [1.82, 2.24) is 14.7 Å². The van der Waals surface area contributed by atoms with Crippen LogP contribution in [0.2, 0.25) is 0 Å². The number of nitrogens with one attached hydrogen (secondary N) is 2. The minimum absolute atomic E-state index is 0.0785. The third kappa shape index (κ3) is 5.08. The summed E-state index contributed by atoms with van der Waals surface area (Å²) in [6.07, 6.45) is 0. The van der Waals surface area contributed by atoms with E-state index in [-0.39, 0.29) is 5.75 Å². The molecule has 0 spiro atoms. The number of morpholine rings is 1. The van der Waals surface area contributed by atoms with Crippen LogP contribution in [0.3, 0.4) is 0 Å². The fraction of sp³-hybridized carbons (Fsp3) is 0.692. The maximum absolute atomic E-state index is 11.3. The maximum Gasteiger partial charge on any atom is 0.224 e. The van der Waals surface area contributed by atoms with Crippen LogP contribution < -0.4 is 14.9 Å². The van der Waals surface area contributed by atoms with Crippen LogP contribution in [0.15, 0.2) is 6.07 Å². The van der Waals surface area contributed by atoms with Crippen molar-refractivity contribution in [2.45, 2.75) is 13.8 Å². The van der Waals surface area contributed by atoms with Gasteiger partial charge in [0, 0.05) is 37.9 Å². The molecular formula is C13H23N5O3S. The Hall–Kier alpha value is -1.45. The van der Waals surface area contributed by atoms with Gasteiger partial charge in [-0.25, -0.2) is 18.1 Å². The number of aryl methyl sites for hydroxylation is 1. The van der Waals surface area contributed by atoms with Crippen molar-refractivity contribution in [1.29, 1.82) is 0 Å². The smallest absolute Gasteiger partial charge is 0.224 e. The number of nitrogens with zero attached hydrogens (tertiary/aromatic N) is 3. The molecular weight excluding hydrogens is 306 g/mol. The standard InChI is InChI=1S/C13H23N5O3S/c1-3-22(19,20)15-5-4-14-13-16-11(2)10-12(17-13)18-6-8-21-9-7-18/h10,15H,3-9H2,1-2H3,(H,14,16,17). The van der Waals surface area contributed by atoms with Crippen LogP contribution >= 0.6 is 0 Å². The van der Waals surface area contributed by atoms with E-state index in [0.29, 0.717) is 32.3 Å². The zero-order chi connectivity index (χ0) is 16.0. The quantitative estimate of drug-likeness (QED) is 0.678. The van der Waals surface area contributed by atoms with E-state index in [9.17, 15) is 8.42 Å². The van der Waals surface area contributed by atoms with Gasteiger partial charge in [-0.1, -0.05) is 0 Å². The Morgan fingerprint density at radius 2 is 2.00 bits per heavy atom. The minimum Gasteiger partial charge on any atom is -0.378 e. The van der Waals surface area contributed by atoms with E-state index in [1.807, 2.05) is 13.0 Å². The number of sulfonamides is 1. The molecule has 1 aromatic heterocycles. The van der Waals surface area contributed by atoms with Crippen LogP contribution in [-0.4, -0.2) is 63.5 Å². The zero-order valence-electron chi connectivity index (χ0n) is 13.0. The van der Waals surface area contributed by atoms with Crippen LogP contribution in [0.5, 0.6) is 0 Å². The molecule has 0 amide bonds. The van der Waals surface area contributed by atoms with Gasteiger partial charge < -0.3 is 15.0 Å². The van der Waals surface area contributed by atoms with E-state index in [4.69, 9.17) is 4.74 Å². The van der Waals surface area contributed by atoms with Gasteiger partial charge in [-0.2, -0.15) is 4.98 Å². The Morgan fingerprint density at radius 3 is 2.68 bits per heavy atom. The molecule has 0 aliphatic carbocycles. The van der Waals surface area contributed by atoms with Crippen LogP contribution in [0.1, 0.15) is 12.6 Å². The average Bonchev–Trinajstić information content (AvgIpc) is 2.52. The molecule has 0 radical (unpaired) electrons. The highest BCUT2D eigenvalue weighted by atomic mass is 32.2. The molecule has 0 saturated carbocycles. The van der Waals surface area contributed by atoms with Crippen molar-refractivity contribution in [3.05, 3.63) is 11.8 Å². The van der Waals surface area contributed by atoms with Crippen LogP contribution in [0, 0.1) is 6.92 Å². The molecule has 2 rings (SSSR count). The first kappa shape index (κ1) is 16.9. The highest BCUT2D eigenvalue weighted by Gasteiger charge is 2.14. The van der Waals surface area contributed by atoms with Gasteiger partial charge in [-0.3, -0.25) is 0 Å². The molecule has 1 aliphatic rings. The Morgan fingerprint density at radius 1 is 1.27 bits per heavy atom. The maximum atomic E-state index is 11.3. The van der Waals surface area contributed by atoms with E-state index < -0.39 is 10.0 Å². The highest BCUT2D eigenvalue weighted by Crippen LogP contribution is 2.15. The van der Waals surface area contributed by atoms with Crippen molar-refractivity contribution in [3.8, 4) is 0 Å². The number of hydrogen-bond donors (Lipinski definition) is 2. The Labute approximate surface area is 131 Å². The molecule has 1 aromatic rings. The molecule has 8 nitrogen and oxygen atoms in total. The van der Waals surface area contributed by atoms with Gasteiger partial charge in [0.15, 0.2) is 0 Å². The first-order valence-electron chi connectivity index (χ1n) is 7.40.